The molecule has 0 spiro atoms. The molecule has 0 aliphatic carbocycles. The number of rotatable bonds is 12. The molecular formula is C23H41IN4O2. The molecule has 1 saturated heterocycles. The summed E-state index contributed by atoms with van der Waals surface area (Å²) in [6.45, 7) is 14.2. The van der Waals surface area contributed by atoms with E-state index in [0.29, 0.717) is 12.5 Å². The van der Waals surface area contributed by atoms with Gasteiger partial charge in [0.2, 0.25) is 0 Å². The summed E-state index contributed by atoms with van der Waals surface area (Å²) in [5.74, 6) is 3.18. The average Bonchev–Trinajstić information content (AvgIpc) is 3.16. The van der Waals surface area contributed by atoms with Gasteiger partial charge in [0.05, 0.1) is 13.7 Å². The van der Waals surface area contributed by atoms with Crippen LogP contribution in [0.15, 0.2) is 29.3 Å². The molecule has 1 heterocycles. The Hall–Kier alpha value is -1.06. The molecule has 1 unspecified atom stereocenters. The van der Waals surface area contributed by atoms with Crippen molar-refractivity contribution in [3.05, 3.63) is 29.8 Å². The largest absolute Gasteiger partial charge is 0.497 e. The summed E-state index contributed by atoms with van der Waals surface area (Å²) in [6.07, 6.45) is 2.23. The maximum absolute atomic E-state index is 5.43. The summed E-state index contributed by atoms with van der Waals surface area (Å²) >= 11 is 0. The standard InChI is InChI=1S/C23H40N4O2.HI/c1-5-29-14-6-12-24-23(25-15-20-7-9-22(28-4)10-8-20)26-16-21-11-13-27(18-21)17-19(2)3;/h7-10,19,21H,5-6,11-18H2,1-4H3,(H2,24,25,26);1H. The predicted molar refractivity (Wildman–Crippen MR) is 136 cm³/mol. The topological polar surface area (TPSA) is 58.1 Å². The highest BCUT2D eigenvalue weighted by Gasteiger charge is 2.22. The van der Waals surface area contributed by atoms with Crippen LogP contribution in [0.3, 0.4) is 0 Å². The first kappa shape index (κ1) is 27.0. The number of benzene rings is 1. The first-order valence-electron chi connectivity index (χ1n) is 11.1. The van der Waals surface area contributed by atoms with Gasteiger partial charge < -0.3 is 25.0 Å². The van der Waals surface area contributed by atoms with Gasteiger partial charge in [-0.25, -0.2) is 4.99 Å². The van der Waals surface area contributed by atoms with E-state index < -0.39 is 0 Å². The minimum absolute atomic E-state index is 0. The molecule has 30 heavy (non-hydrogen) atoms. The first-order valence-corrected chi connectivity index (χ1v) is 11.1. The lowest BCUT2D eigenvalue weighted by molar-refractivity contribution is 0.145. The fourth-order valence-corrected chi connectivity index (χ4v) is 3.60. The van der Waals surface area contributed by atoms with E-state index in [4.69, 9.17) is 14.5 Å². The summed E-state index contributed by atoms with van der Waals surface area (Å²) in [5.41, 5.74) is 1.17. The predicted octanol–water partition coefficient (Wildman–Crippen LogP) is 3.75. The Morgan fingerprint density at radius 1 is 1.23 bits per heavy atom. The van der Waals surface area contributed by atoms with Crippen molar-refractivity contribution in [2.75, 3.05) is 53.0 Å². The van der Waals surface area contributed by atoms with Crippen LogP contribution >= 0.6 is 24.0 Å². The van der Waals surface area contributed by atoms with E-state index in [1.165, 1.54) is 31.6 Å². The van der Waals surface area contributed by atoms with Crippen LogP contribution in [0.2, 0.25) is 0 Å². The maximum Gasteiger partial charge on any atom is 0.191 e. The Morgan fingerprint density at radius 3 is 2.67 bits per heavy atom. The van der Waals surface area contributed by atoms with Crippen molar-refractivity contribution in [1.29, 1.82) is 0 Å². The molecule has 2 rings (SSSR count). The lowest BCUT2D eigenvalue weighted by Crippen LogP contribution is -2.41. The van der Waals surface area contributed by atoms with Crippen molar-refractivity contribution in [2.24, 2.45) is 16.8 Å². The van der Waals surface area contributed by atoms with E-state index >= 15 is 0 Å². The zero-order chi connectivity index (χ0) is 20.9. The van der Waals surface area contributed by atoms with Crippen molar-refractivity contribution >= 4 is 29.9 Å². The normalized spacial score (nSPS) is 17.1. The van der Waals surface area contributed by atoms with Gasteiger partial charge in [0.25, 0.3) is 0 Å². The Labute approximate surface area is 200 Å². The molecule has 6 nitrogen and oxygen atoms in total. The van der Waals surface area contributed by atoms with E-state index in [9.17, 15) is 0 Å². The second-order valence-corrected chi connectivity index (χ2v) is 8.18. The van der Waals surface area contributed by atoms with E-state index in [1.807, 2.05) is 19.1 Å². The zero-order valence-corrected chi connectivity index (χ0v) is 21.5. The quantitative estimate of drug-likeness (QED) is 0.186. The SMILES string of the molecule is CCOCCCNC(=NCc1ccc(OC)cc1)NCC1CCN(CC(C)C)C1.I. The molecular weight excluding hydrogens is 491 g/mol. The van der Waals surface area contributed by atoms with Gasteiger partial charge in [0.1, 0.15) is 5.75 Å². The molecule has 1 aliphatic rings. The van der Waals surface area contributed by atoms with E-state index in [1.54, 1.807) is 7.11 Å². The van der Waals surface area contributed by atoms with Crippen molar-refractivity contribution in [3.8, 4) is 5.75 Å². The van der Waals surface area contributed by atoms with Crippen LogP contribution in [0.25, 0.3) is 0 Å². The summed E-state index contributed by atoms with van der Waals surface area (Å²) < 4.78 is 10.7. The second-order valence-electron chi connectivity index (χ2n) is 8.18. The van der Waals surface area contributed by atoms with Crippen molar-refractivity contribution < 1.29 is 9.47 Å². The molecule has 1 aromatic carbocycles. The first-order chi connectivity index (χ1) is 14.1. The molecule has 0 amide bonds. The van der Waals surface area contributed by atoms with Gasteiger partial charge in [-0.3, -0.25) is 0 Å². The molecule has 172 valence electrons. The number of guanidine groups is 1. The fourth-order valence-electron chi connectivity index (χ4n) is 3.60. The average molecular weight is 533 g/mol. The van der Waals surface area contributed by atoms with Crippen LogP contribution < -0.4 is 15.4 Å². The molecule has 0 bridgehead atoms. The van der Waals surface area contributed by atoms with Crippen LogP contribution in [0, 0.1) is 11.8 Å². The third-order valence-corrected chi connectivity index (χ3v) is 5.09. The number of ether oxygens (including phenoxy) is 2. The number of halogens is 1. The Balaban J connectivity index is 0.00000450. The van der Waals surface area contributed by atoms with Crippen LogP contribution in [-0.4, -0.2) is 63.9 Å². The molecule has 1 fully saturated rings. The minimum Gasteiger partial charge on any atom is -0.497 e. The fraction of sp³-hybridized carbons (Fsp3) is 0.696. The van der Waals surface area contributed by atoms with Crippen molar-refractivity contribution in [2.45, 2.75) is 40.2 Å². The number of methoxy groups -OCH3 is 1. The van der Waals surface area contributed by atoms with E-state index in [0.717, 1.165) is 50.4 Å². The summed E-state index contributed by atoms with van der Waals surface area (Å²) in [6, 6.07) is 8.09. The zero-order valence-electron chi connectivity index (χ0n) is 19.2. The lowest BCUT2D eigenvalue weighted by atomic mass is 10.1. The van der Waals surface area contributed by atoms with E-state index in [-0.39, 0.29) is 24.0 Å². The third-order valence-electron chi connectivity index (χ3n) is 5.09. The smallest absolute Gasteiger partial charge is 0.191 e. The molecule has 1 atom stereocenters. The van der Waals surface area contributed by atoms with Crippen molar-refractivity contribution in [3.63, 3.8) is 0 Å². The Morgan fingerprint density at radius 2 is 2.00 bits per heavy atom. The molecule has 1 aromatic rings. The second kappa shape index (κ2) is 15.7. The lowest BCUT2D eigenvalue weighted by Gasteiger charge is -2.19. The monoisotopic (exact) mass is 532 g/mol. The number of nitrogens with zero attached hydrogens (tertiary/aromatic N) is 2. The molecule has 7 heteroatoms. The highest BCUT2D eigenvalue weighted by atomic mass is 127. The van der Waals surface area contributed by atoms with Crippen LogP contribution in [0.1, 0.15) is 39.2 Å². The van der Waals surface area contributed by atoms with Crippen LogP contribution in [0.4, 0.5) is 0 Å². The number of aliphatic imine (C=N–C) groups is 1. The molecule has 0 saturated carbocycles. The highest BCUT2D eigenvalue weighted by molar-refractivity contribution is 14.0. The van der Waals surface area contributed by atoms with Gasteiger partial charge in [-0.2, -0.15) is 0 Å². The van der Waals surface area contributed by atoms with Gasteiger partial charge >= 0.3 is 0 Å². The van der Waals surface area contributed by atoms with Gasteiger partial charge in [0.15, 0.2) is 5.96 Å². The van der Waals surface area contributed by atoms with Gasteiger partial charge in [0, 0.05) is 39.4 Å². The van der Waals surface area contributed by atoms with Crippen molar-refractivity contribution in [1.82, 2.24) is 15.5 Å². The Kier molecular flexibility index (Phi) is 14.1. The van der Waals surface area contributed by atoms with Crippen LogP contribution in [0.5, 0.6) is 5.75 Å². The Bertz CT molecular complexity index is 595. The highest BCUT2D eigenvalue weighted by Crippen LogP contribution is 2.16. The van der Waals surface area contributed by atoms with Gasteiger partial charge in [-0.15, -0.1) is 24.0 Å². The number of likely N-dealkylation sites (tertiary alicyclic amines) is 1. The number of nitrogens with one attached hydrogen (secondary N) is 2. The van der Waals surface area contributed by atoms with E-state index in [2.05, 4.69) is 41.5 Å². The molecule has 1 aliphatic heterocycles. The summed E-state index contributed by atoms with van der Waals surface area (Å²) in [4.78, 5) is 7.38. The summed E-state index contributed by atoms with van der Waals surface area (Å²) in [7, 11) is 1.69. The molecule has 2 N–H and O–H groups in total. The minimum atomic E-state index is 0. The third kappa shape index (κ3) is 10.8. The maximum atomic E-state index is 5.43. The molecule has 0 radical (unpaired) electrons. The van der Waals surface area contributed by atoms with Crippen LogP contribution in [-0.2, 0) is 11.3 Å². The van der Waals surface area contributed by atoms with Gasteiger partial charge in [-0.1, -0.05) is 26.0 Å². The number of hydrogen-bond donors (Lipinski definition) is 2. The molecule has 0 aromatic heterocycles. The number of hydrogen-bond acceptors (Lipinski definition) is 4. The van der Waals surface area contributed by atoms with Gasteiger partial charge in [-0.05, 0) is 55.8 Å². The summed E-state index contributed by atoms with van der Waals surface area (Å²) in [5, 5.41) is 7.03.